The number of hydrogen-bond acceptors (Lipinski definition) is 6. The summed E-state index contributed by atoms with van der Waals surface area (Å²) in [7, 11) is -3.38. The summed E-state index contributed by atoms with van der Waals surface area (Å²) in [5.41, 5.74) is 1.06. The molecule has 8 heteroatoms. The summed E-state index contributed by atoms with van der Waals surface area (Å²) < 4.78 is 37.0. The first-order valence-electron chi connectivity index (χ1n) is 8.08. The average molecular weight is 364 g/mol. The number of hydrogen-bond donors (Lipinski definition) is 0. The van der Waals surface area contributed by atoms with Crippen LogP contribution in [0.2, 0.25) is 0 Å². The van der Waals surface area contributed by atoms with Crippen molar-refractivity contribution in [2.75, 3.05) is 37.3 Å². The average Bonchev–Trinajstić information content (AvgIpc) is 2.56. The highest BCUT2D eigenvalue weighted by molar-refractivity contribution is 7.90. The first-order chi connectivity index (χ1) is 11.8. The van der Waals surface area contributed by atoms with E-state index in [9.17, 15) is 12.8 Å². The lowest BCUT2D eigenvalue weighted by molar-refractivity contribution is 0.249. The third kappa shape index (κ3) is 4.32. The maximum atomic E-state index is 13.0. The molecule has 1 fully saturated rings. The van der Waals surface area contributed by atoms with E-state index in [-0.39, 0.29) is 10.7 Å². The lowest BCUT2D eigenvalue weighted by Crippen LogP contribution is -2.46. The summed E-state index contributed by atoms with van der Waals surface area (Å²) >= 11 is 0. The van der Waals surface area contributed by atoms with Crippen LogP contribution in [-0.2, 0) is 16.4 Å². The molecule has 0 saturated carbocycles. The van der Waals surface area contributed by atoms with Gasteiger partial charge in [-0.1, -0.05) is 12.1 Å². The van der Waals surface area contributed by atoms with Crippen LogP contribution >= 0.6 is 0 Å². The van der Waals surface area contributed by atoms with Crippen LogP contribution in [0.4, 0.5) is 10.2 Å². The molecule has 1 aliphatic rings. The largest absolute Gasteiger partial charge is 0.353 e. The van der Waals surface area contributed by atoms with Crippen molar-refractivity contribution in [3.8, 4) is 0 Å². The van der Waals surface area contributed by atoms with Crippen molar-refractivity contribution < 1.29 is 12.8 Å². The quantitative estimate of drug-likeness (QED) is 0.822. The van der Waals surface area contributed by atoms with Gasteiger partial charge in [-0.25, -0.2) is 22.8 Å². The number of aromatic nitrogens is 2. The minimum atomic E-state index is -3.38. The van der Waals surface area contributed by atoms with Crippen molar-refractivity contribution in [3.63, 3.8) is 0 Å². The van der Waals surface area contributed by atoms with Gasteiger partial charge in [0.25, 0.3) is 0 Å². The van der Waals surface area contributed by atoms with Gasteiger partial charge in [0.1, 0.15) is 16.5 Å². The van der Waals surface area contributed by atoms with E-state index in [2.05, 4.69) is 14.9 Å². The molecule has 0 unspecified atom stereocenters. The molecule has 0 bridgehead atoms. The van der Waals surface area contributed by atoms with E-state index < -0.39 is 9.84 Å². The van der Waals surface area contributed by atoms with Gasteiger partial charge < -0.3 is 4.90 Å². The second-order valence-corrected chi connectivity index (χ2v) is 8.25. The van der Waals surface area contributed by atoms with E-state index in [4.69, 9.17) is 0 Å². The van der Waals surface area contributed by atoms with E-state index in [0.29, 0.717) is 24.7 Å². The second kappa shape index (κ2) is 7.05. The number of aryl methyl sites for hydroxylation is 1. The zero-order valence-electron chi connectivity index (χ0n) is 14.3. The molecule has 1 saturated heterocycles. The predicted octanol–water partition coefficient (Wildman–Crippen LogP) is 1.65. The SMILES string of the molecule is Cc1ncc(S(C)(=O)=O)c(N2CCN(Cc3ccc(F)cc3)CC2)n1. The molecule has 25 heavy (non-hydrogen) atoms. The summed E-state index contributed by atoms with van der Waals surface area (Å²) in [5.74, 6) is 0.800. The van der Waals surface area contributed by atoms with Crippen molar-refractivity contribution in [1.29, 1.82) is 0 Å². The van der Waals surface area contributed by atoms with Crippen LogP contribution in [0.3, 0.4) is 0 Å². The molecule has 6 nitrogen and oxygen atoms in total. The van der Waals surface area contributed by atoms with Gasteiger partial charge in [-0.2, -0.15) is 0 Å². The monoisotopic (exact) mass is 364 g/mol. The predicted molar refractivity (Wildman–Crippen MR) is 93.8 cm³/mol. The molecule has 1 aromatic heterocycles. The Balaban J connectivity index is 1.70. The van der Waals surface area contributed by atoms with Gasteiger partial charge in [0.05, 0.1) is 6.20 Å². The number of anilines is 1. The van der Waals surface area contributed by atoms with Crippen LogP contribution in [0, 0.1) is 12.7 Å². The van der Waals surface area contributed by atoms with Gasteiger partial charge in [0, 0.05) is 39.0 Å². The van der Waals surface area contributed by atoms with Gasteiger partial charge in [0.15, 0.2) is 15.7 Å². The Morgan fingerprint density at radius 1 is 1.12 bits per heavy atom. The molecular formula is C17H21FN4O2S. The summed E-state index contributed by atoms with van der Waals surface area (Å²) in [6, 6.07) is 6.51. The molecule has 1 aromatic carbocycles. The highest BCUT2D eigenvalue weighted by atomic mass is 32.2. The van der Waals surface area contributed by atoms with Crippen molar-refractivity contribution in [3.05, 3.63) is 47.7 Å². The van der Waals surface area contributed by atoms with Crippen molar-refractivity contribution >= 4 is 15.7 Å². The number of nitrogens with zero attached hydrogens (tertiary/aromatic N) is 4. The van der Waals surface area contributed by atoms with E-state index >= 15 is 0 Å². The minimum absolute atomic E-state index is 0.171. The number of piperazine rings is 1. The highest BCUT2D eigenvalue weighted by Crippen LogP contribution is 2.23. The van der Waals surface area contributed by atoms with Gasteiger partial charge in [-0.3, -0.25) is 4.90 Å². The topological polar surface area (TPSA) is 66.4 Å². The van der Waals surface area contributed by atoms with Crippen LogP contribution in [0.1, 0.15) is 11.4 Å². The van der Waals surface area contributed by atoms with E-state index in [1.165, 1.54) is 24.6 Å². The Kier molecular flexibility index (Phi) is 5.01. The second-order valence-electron chi connectivity index (χ2n) is 6.27. The first kappa shape index (κ1) is 17.8. The summed E-state index contributed by atoms with van der Waals surface area (Å²) in [6.07, 6.45) is 2.56. The molecule has 0 amide bonds. The van der Waals surface area contributed by atoms with Crippen LogP contribution in [0.5, 0.6) is 0 Å². The number of benzene rings is 1. The van der Waals surface area contributed by atoms with Gasteiger partial charge in [-0.05, 0) is 24.6 Å². The smallest absolute Gasteiger partial charge is 0.180 e. The zero-order valence-corrected chi connectivity index (χ0v) is 15.1. The Morgan fingerprint density at radius 3 is 2.36 bits per heavy atom. The number of rotatable bonds is 4. The van der Waals surface area contributed by atoms with Crippen molar-refractivity contribution in [1.82, 2.24) is 14.9 Å². The third-order valence-corrected chi connectivity index (χ3v) is 5.33. The number of sulfone groups is 1. The summed E-state index contributed by atoms with van der Waals surface area (Å²) in [6.45, 7) is 5.42. The fraction of sp³-hybridized carbons (Fsp3) is 0.412. The van der Waals surface area contributed by atoms with Crippen LogP contribution < -0.4 is 4.90 Å². The minimum Gasteiger partial charge on any atom is -0.353 e. The van der Waals surface area contributed by atoms with Gasteiger partial charge >= 0.3 is 0 Å². The van der Waals surface area contributed by atoms with Crippen molar-refractivity contribution in [2.45, 2.75) is 18.4 Å². The normalized spacial score (nSPS) is 16.2. The lowest BCUT2D eigenvalue weighted by atomic mass is 10.2. The fourth-order valence-electron chi connectivity index (χ4n) is 2.90. The maximum Gasteiger partial charge on any atom is 0.180 e. The van der Waals surface area contributed by atoms with E-state index in [0.717, 1.165) is 25.2 Å². The van der Waals surface area contributed by atoms with Crippen LogP contribution in [-0.4, -0.2) is 55.7 Å². The van der Waals surface area contributed by atoms with Crippen molar-refractivity contribution in [2.24, 2.45) is 0 Å². The Bertz CT molecular complexity index is 847. The molecule has 2 aromatic rings. The van der Waals surface area contributed by atoms with E-state index in [1.807, 2.05) is 4.90 Å². The molecule has 0 aliphatic carbocycles. The molecule has 2 heterocycles. The van der Waals surface area contributed by atoms with Crippen LogP contribution in [0.25, 0.3) is 0 Å². The third-order valence-electron chi connectivity index (χ3n) is 4.25. The Labute approximate surface area is 147 Å². The lowest BCUT2D eigenvalue weighted by Gasteiger charge is -2.36. The molecule has 0 radical (unpaired) electrons. The molecular weight excluding hydrogens is 343 g/mol. The maximum absolute atomic E-state index is 13.0. The van der Waals surface area contributed by atoms with Gasteiger partial charge in [0.2, 0.25) is 0 Å². The summed E-state index contributed by atoms with van der Waals surface area (Å²) in [5, 5.41) is 0. The first-order valence-corrected chi connectivity index (χ1v) is 9.97. The van der Waals surface area contributed by atoms with E-state index in [1.54, 1.807) is 19.1 Å². The Morgan fingerprint density at radius 2 is 1.76 bits per heavy atom. The molecule has 0 atom stereocenters. The zero-order chi connectivity index (χ0) is 18.0. The highest BCUT2D eigenvalue weighted by Gasteiger charge is 2.24. The molecule has 0 N–H and O–H groups in total. The number of halogens is 1. The molecule has 134 valence electrons. The summed E-state index contributed by atoms with van der Waals surface area (Å²) in [4.78, 5) is 12.8. The van der Waals surface area contributed by atoms with Crippen LogP contribution in [0.15, 0.2) is 35.4 Å². The fourth-order valence-corrected chi connectivity index (χ4v) is 3.65. The Hall–Kier alpha value is -2.06. The molecule has 0 spiro atoms. The molecule has 3 rings (SSSR count). The van der Waals surface area contributed by atoms with Gasteiger partial charge in [-0.15, -0.1) is 0 Å². The standard InChI is InChI=1S/C17H21FN4O2S/c1-13-19-11-16(25(2,23)24)17(20-13)22-9-7-21(8-10-22)12-14-3-5-15(18)6-4-14/h3-6,11H,7-10,12H2,1-2H3. The molecule has 1 aliphatic heterocycles.